The van der Waals surface area contributed by atoms with Gasteiger partial charge in [-0.15, -0.1) is 0 Å². The van der Waals surface area contributed by atoms with Crippen LogP contribution in [0.5, 0.6) is 0 Å². The zero-order chi connectivity index (χ0) is 26.2. The lowest BCUT2D eigenvalue weighted by Crippen LogP contribution is -2.51. The highest BCUT2D eigenvalue weighted by molar-refractivity contribution is 6.35. The summed E-state index contributed by atoms with van der Waals surface area (Å²) in [6, 6.07) is 17.8. The summed E-state index contributed by atoms with van der Waals surface area (Å²) in [6.07, 6.45) is -0.0355. The van der Waals surface area contributed by atoms with Crippen molar-refractivity contribution in [3.8, 4) is 0 Å². The van der Waals surface area contributed by atoms with Crippen molar-refractivity contribution < 1.29 is 14.0 Å². The first-order valence-corrected chi connectivity index (χ1v) is 12.8. The molecule has 3 aromatic carbocycles. The summed E-state index contributed by atoms with van der Waals surface area (Å²) in [5, 5.41) is 3.92. The summed E-state index contributed by atoms with van der Waals surface area (Å²) in [7, 11) is 0. The van der Waals surface area contributed by atoms with Crippen LogP contribution in [0.15, 0.2) is 66.7 Å². The van der Waals surface area contributed by atoms with Crippen LogP contribution in [0.3, 0.4) is 0 Å². The van der Waals surface area contributed by atoms with E-state index in [1.807, 2.05) is 44.2 Å². The molecule has 2 amide bonds. The molecule has 0 aliphatic heterocycles. The number of nitrogens with zero attached hydrogens (tertiary/aromatic N) is 1. The van der Waals surface area contributed by atoms with Crippen molar-refractivity contribution in [3.63, 3.8) is 0 Å². The minimum absolute atomic E-state index is 0.0352. The van der Waals surface area contributed by atoms with Gasteiger partial charge in [0.2, 0.25) is 11.8 Å². The Morgan fingerprint density at radius 3 is 2.31 bits per heavy atom. The summed E-state index contributed by atoms with van der Waals surface area (Å²) >= 11 is 18.7. The zero-order valence-corrected chi connectivity index (χ0v) is 22.4. The average Bonchev–Trinajstić information content (AvgIpc) is 2.84. The molecule has 190 valence electrons. The number of halogens is 4. The summed E-state index contributed by atoms with van der Waals surface area (Å²) in [5.74, 6) is -1.11. The first kappa shape index (κ1) is 28.0. The molecule has 0 aliphatic carbocycles. The van der Waals surface area contributed by atoms with Crippen LogP contribution in [0, 0.1) is 11.7 Å². The fraction of sp³-hybridized carbons (Fsp3) is 0.286. The van der Waals surface area contributed by atoms with E-state index in [0.717, 1.165) is 5.56 Å². The molecule has 3 aromatic rings. The average molecular weight is 550 g/mol. The molecule has 1 N–H and O–H groups in total. The van der Waals surface area contributed by atoms with Crippen molar-refractivity contribution >= 4 is 46.6 Å². The molecular weight excluding hydrogens is 522 g/mol. The van der Waals surface area contributed by atoms with Crippen LogP contribution < -0.4 is 5.32 Å². The number of amides is 2. The van der Waals surface area contributed by atoms with E-state index in [1.165, 1.54) is 23.1 Å². The lowest BCUT2D eigenvalue weighted by atomic mass is 10.0. The molecular formula is C28H28Cl3FN2O2. The number of hydrogen-bond acceptors (Lipinski definition) is 2. The zero-order valence-electron chi connectivity index (χ0n) is 20.1. The highest BCUT2D eigenvalue weighted by Gasteiger charge is 2.31. The summed E-state index contributed by atoms with van der Waals surface area (Å²) in [6.45, 7) is 4.46. The Morgan fingerprint density at radius 2 is 1.67 bits per heavy atom. The van der Waals surface area contributed by atoms with E-state index in [4.69, 9.17) is 34.8 Å². The lowest BCUT2D eigenvalue weighted by Gasteiger charge is -2.32. The molecule has 0 heterocycles. The molecule has 0 radical (unpaired) electrons. The minimum atomic E-state index is -0.865. The van der Waals surface area contributed by atoms with Crippen LogP contribution in [-0.4, -0.2) is 29.3 Å². The lowest BCUT2D eigenvalue weighted by molar-refractivity contribution is -0.140. The Bertz CT molecular complexity index is 1180. The van der Waals surface area contributed by atoms with Crippen LogP contribution in [0.25, 0.3) is 0 Å². The van der Waals surface area contributed by atoms with Crippen LogP contribution >= 0.6 is 34.8 Å². The van der Waals surface area contributed by atoms with Crippen molar-refractivity contribution in [2.45, 2.75) is 39.3 Å². The van der Waals surface area contributed by atoms with Crippen molar-refractivity contribution in [1.82, 2.24) is 10.2 Å². The van der Waals surface area contributed by atoms with Gasteiger partial charge < -0.3 is 10.2 Å². The number of carbonyl (C=O) groups excluding carboxylic acids is 2. The summed E-state index contributed by atoms with van der Waals surface area (Å²) in [4.78, 5) is 28.6. The van der Waals surface area contributed by atoms with Gasteiger partial charge in [-0.3, -0.25) is 9.59 Å². The Balaban J connectivity index is 2.02. The SMILES string of the molecule is CC(C)CNC(=O)C(Cc1ccccc1)N(Cc1ccc(Cl)cc1Cl)C(=O)Cc1c(F)cccc1Cl. The van der Waals surface area contributed by atoms with Gasteiger partial charge in [0.25, 0.3) is 0 Å². The monoisotopic (exact) mass is 548 g/mol. The second kappa shape index (κ2) is 13.1. The van der Waals surface area contributed by atoms with Gasteiger partial charge in [-0.25, -0.2) is 4.39 Å². The first-order chi connectivity index (χ1) is 17.2. The number of nitrogens with one attached hydrogen (secondary N) is 1. The van der Waals surface area contributed by atoms with Crippen LogP contribution in [-0.2, 0) is 29.0 Å². The normalized spacial score (nSPS) is 11.9. The quantitative estimate of drug-likeness (QED) is 0.304. The number of benzene rings is 3. The Morgan fingerprint density at radius 1 is 0.944 bits per heavy atom. The van der Waals surface area contributed by atoms with Gasteiger partial charge in [-0.1, -0.05) is 91.1 Å². The molecule has 0 fully saturated rings. The van der Waals surface area contributed by atoms with Gasteiger partial charge in [0.05, 0.1) is 6.42 Å². The number of hydrogen-bond donors (Lipinski definition) is 1. The molecule has 0 bridgehead atoms. The third-order valence-electron chi connectivity index (χ3n) is 5.70. The maximum atomic E-state index is 14.6. The third-order valence-corrected chi connectivity index (χ3v) is 6.64. The number of carbonyl (C=O) groups is 2. The van der Waals surface area contributed by atoms with Crippen LogP contribution in [0.4, 0.5) is 4.39 Å². The molecule has 0 aromatic heterocycles. The van der Waals surface area contributed by atoms with Gasteiger partial charge in [0, 0.05) is 40.1 Å². The van der Waals surface area contributed by atoms with Gasteiger partial charge in [0.15, 0.2) is 0 Å². The largest absolute Gasteiger partial charge is 0.354 e. The van der Waals surface area contributed by atoms with Crippen molar-refractivity contribution in [2.75, 3.05) is 6.54 Å². The molecule has 36 heavy (non-hydrogen) atoms. The summed E-state index contributed by atoms with van der Waals surface area (Å²) < 4.78 is 14.6. The van der Waals surface area contributed by atoms with Gasteiger partial charge in [-0.05, 0) is 41.3 Å². The smallest absolute Gasteiger partial charge is 0.243 e. The predicted molar refractivity (Wildman–Crippen MR) is 144 cm³/mol. The maximum Gasteiger partial charge on any atom is 0.243 e. The van der Waals surface area contributed by atoms with E-state index in [0.29, 0.717) is 22.2 Å². The first-order valence-electron chi connectivity index (χ1n) is 11.6. The highest BCUT2D eigenvalue weighted by atomic mass is 35.5. The molecule has 0 aliphatic rings. The molecule has 1 unspecified atom stereocenters. The molecule has 0 saturated heterocycles. The van der Waals surface area contributed by atoms with Gasteiger partial charge in [0.1, 0.15) is 11.9 Å². The van der Waals surface area contributed by atoms with E-state index in [-0.39, 0.29) is 41.8 Å². The molecule has 3 rings (SSSR count). The molecule has 4 nitrogen and oxygen atoms in total. The fourth-order valence-electron chi connectivity index (χ4n) is 3.76. The second-order valence-electron chi connectivity index (χ2n) is 8.98. The molecule has 1 atom stereocenters. The van der Waals surface area contributed by atoms with E-state index in [2.05, 4.69) is 5.32 Å². The fourth-order valence-corrected chi connectivity index (χ4v) is 4.46. The Kier molecular flexibility index (Phi) is 10.2. The van der Waals surface area contributed by atoms with Crippen molar-refractivity contribution in [1.29, 1.82) is 0 Å². The molecule has 0 spiro atoms. The number of rotatable bonds is 10. The molecule has 8 heteroatoms. The third kappa shape index (κ3) is 7.70. The predicted octanol–water partition coefficient (Wildman–Crippen LogP) is 6.74. The van der Waals surface area contributed by atoms with Crippen molar-refractivity contribution in [3.05, 3.63) is 104 Å². The van der Waals surface area contributed by atoms with E-state index in [1.54, 1.807) is 18.2 Å². The maximum absolute atomic E-state index is 14.6. The van der Waals surface area contributed by atoms with Crippen LogP contribution in [0.2, 0.25) is 15.1 Å². The van der Waals surface area contributed by atoms with E-state index < -0.39 is 17.8 Å². The second-order valence-corrected chi connectivity index (χ2v) is 10.2. The van der Waals surface area contributed by atoms with Crippen molar-refractivity contribution in [2.24, 2.45) is 5.92 Å². The van der Waals surface area contributed by atoms with Gasteiger partial charge in [-0.2, -0.15) is 0 Å². The molecule has 0 saturated carbocycles. The summed E-state index contributed by atoms with van der Waals surface area (Å²) in [5.41, 5.74) is 1.58. The Hall–Kier alpha value is -2.60. The van der Waals surface area contributed by atoms with E-state index >= 15 is 0 Å². The standard InChI is InChI=1S/C28H28Cl3FN2O2/c1-18(2)16-33-28(36)26(13-19-7-4-3-5-8-19)34(17-20-11-12-21(29)14-24(20)31)27(35)15-22-23(30)9-6-10-25(22)32/h3-12,14,18,26H,13,15-17H2,1-2H3,(H,33,36). The highest BCUT2D eigenvalue weighted by Crippen LogP contribution is 2.26. The Labute approximate surface area is 226 Å². The van der Waals surface area contributed by atoms with Crippen LogP contribution in [0.1, 0.15) is 30.5 Å². The van der Waals surface area contributed by atoms with E-state index in [9.17, 15) is 14.0 Å². The van der Waals surface area contributed by atoms with Gasteiger partial charge >= 0.3 is 0 Å². The topological polar surface area (TPSA) is 49.4 Å². The minimum Gasteiger partial charge on any atom is -0.354 e.